The molecule has 2 aromatic rings. The number of aryl methyl sites for hydroxylation is 2. The van der Waals surface area contributed by atoms with E-state index in [4.69, 9.17) is 9.68 Å². The lowest BCUT2D eigenvalue weighted by Crippen LogP contribution is -2.12. The molecule has 6 heteroatoms. The first-order chi connectivity index (χ1) is 10.2. The van der Waals surface area contributed by atoms with Gasteiger partial charge < -0.3 is 4.42 Å². The van der Waals surface area contributed by atoms with Crippen LogP contribution in [0.3, 0.4) is 0 Å². The Balaban J connectivity index is 2.35. The molecule has 0 unspecified atom stereocenters. The second-order valence-corrected chi connectivity index (χ2v) is 5.08. The van der Waals surface area contributed by atoms with Crippen molar-refractivity contribution in [2.45, 2.75) is 20.3 Å². The zero-order valence-electron chi connectivity index (χ0n) is 12.2. The number of nitrogens with one attached hydrogen (secondary N) is 1. The van der Waals surface area contributed by atoms with Gasteiger partial charge in [0.1, 0.15) is 5.76 Å². The van der Waals surface area contributed by atoms with Gasteiger partial charge in [-0.3, -0.25) is 5.32 Å². The summed E-state index contributed by atoms with van der Waals surface area (Å²) in [5, 5.41) is 11.7. The summed E-state index contributed by atoms with van der Waals surface area (Å²) < 4.78 is 5.69. The third-order valence-corrected chi connectivity index (χ3v) is 3.49. The van der Waals surface area contributed by atoms with Crippen molar-refractivity contribution in [3.63, 3.8) is 0 Å². The Morgan fingerprint density at radius 1 is 1.52 bits per heavy atom. The Morgan fingerprint density at radius 2 is 2.33 bits per heavy atom. The number of hydrogen-bond donors (Lipinski definition) is 1. The average Bonchev–Trinajstić information content (AvgIpc) is 2.88. The van der Waals surface area contributed by atoms with Gasteiger partial charge in [-0.05, 0) is 37.8 Å². The standard InChI is InChI=1S/C15H16N4OS/c1-4-13-10(2)20-14(19-13)11-6-5-7-12(8-11)18-15(21-3)17-9-16/h5-8H,4H2,1-3H3,(H,17,18). The summed E-state index contributed by atoms with van der Waals surface area (Å²) in [7, 11) is 0. The van der Waals surface area contributed by atoms with E-state index in [1.165, 1.54) is 11.8 Å². The van der Waals surface area contributed by atoms with Gasteiger partial charge in [-0.25, -0.2) is 9.98 Å². The third-order valence-electron chi connectivity index (χ3n) is 2.91. The number of rotatable bonds is 3. The van der Waals surface area contributed by atoms with Crippen molar-refractivity contribution in [3.05, 3.63) is 35.7 Å². The summed E-state index contributed by atoms with van der Waals surface area (Å²) in [4.78, 5) is 8.87. The van der Waals surface area contributed by atoms with E-state index >= 15 is 0 Å². The largest absolute Gasteiger partial charge is 0.441 e. The van der Waals surface area contributed by atoms with Crippen molar-refractivity contribution >= 4 is 22.6 Å². The fourth-order valence-electron chi connectivity index (χ4n) is 1.88. The van der Waals surface area contributed by atoms with E-state index in [0.29, 0.717) is 11.1 Å². The van der Waals surface area contributed by atoms with Crippen LogP contribution in [0.5, 0.6) is 0 Å². The Labute approximate surface area is 128 Å². The number of thioether (sulfide) groups is 1. The number of nitriles is 1. The van der Waals surface area contributed by atoms with Crippen LogP contribution in [-0.4, -0.2) is 16.4 Å². The number of oxazole rings is 1. The molecular formula is C15H16N4OS. The molecule has 1 aromatic carbocycles. The van der Waals surface area contributed by atoms with E-state index in [-0.39, 0.29) is 0 Å². The number of amidine groups is 1. The maximum atomic E-state index is 8.66. The molecule has 1 heterocycles. The lowest BCUT2D eigenvalue weighted by atomic mass is 10.2. The fraction of sp³-hybridized carbons (Fsp3) is 0.267. The molecule has 0 atom stereocenters. The molecule has 0 spiro atoms. The highest BCUT2D eigenvalue weighted by Gasteiger charge is 2.10. The van der Waals surface area contributed by atoms with Crippen molar-refractivity contribution < 1.29 is 4.42 Å². The predicted octanol–water partition coefficient (Wildman–Crippen LogP) is 3.63. The van der Waals surface area contributed by atoms with Crippen LogP contribution in [-0.2, 0) is 6.42 Å². The molecule has 21 heavy (non-hydrogen) atoms. The van der Waals surface area contributed by atoms with Gasteiger partial charge in [-0.15, -0.1) is 0 Å². The summed E-state index contributed by atoms with van der Waals surface area (Å²) in [6.07, 6.45) is 4.57. The van der Waals surface area contributed by atoms with Gasteiger partial charge in [0.05, 0.1) is 11.4 Å². The fourth-order valence-corrected chi connectivity index (χ4v) is 2.22. The van der Waals surface area contributed by atoms with E-state index in [1.807, 2.05) is 50.6 Å². The maximum absolute atomic E-state index is 8.66. The Kier molecular flexibility index (Phi) is 5.01. The molecule has 0 radical (unpaired) electrons. The van der Waals surface area contributed by atoms with Crippen LogP contribution in [0, 0.1) is 18.4 Å². The molecule has 0 saturated heterocycles. The van der Waals surface area contributed by atoms with Crippen molar-refractivity contribution in [3.8, 4) is 17.6 Å². The SMILES string of the molecule is CCc1nc(-c2cccc(N=C(NC#N)SC)c2)oc1C. The zero-order chi connectivity index (χ0) is 15.2. The molecule has 5 nitrogen and oxygen atoms in total. The van der Waals surface area contributed by atoms with Gasteiger partial charge >= 0.3 is 0 Å². The second kappa shape index (κ2) is 6.95. The van der Waals surface area contributed by atoms with Crippen molar-refractivity contribution in [2.75, 3.05) is 6.26 Å². The van der Waals surface area contributed by atoms with Gasteiger partial charge in [-0.2, -0.15) is 5.26 Å². The number of hydrogen-bond acceptors (Lipinski definition) is 5. The monoisotopic (exact) mass is 300 g/mol. The molecule has 0 bridgehead atoms. The highest BCUT2D eigenvalue weighted by Crippen LogP contribution is 2.26. The summed E-state index contributed by atoms with van der Waals surface area (Å²) in [5.74, 6) is 1.44. The first-order valence-electron chi connectivity index (χ1n) is 6.52. The molecule has 0 amide bonds. The minimum absolute atomic E-state index is 0.549. The molecule has 0 fully saturated rings. The Bertz CT molecular complexity index is 700. The smallest absolute Gasteiger partial charge is 0.226 e. The Hall–Kier alpha value is -2.26. The predicted molar refractivity (Wildman–Crippen MR) is 85.4 cm³/mol. The topological polar surface area (TPSA) is 74.2 Å². The maximum Gasteiger partial charge on any atom is 0.226 e. The van der Waals surface area contributed by atoms with Gasteiger partial charge in [0.15, 0.2) is 11.4 Å². The lowest BCUT2D eigenvalue weighted by molar-refractivity contribution is 0.539. The van der Waals surface area contributed by atoms with E-state index in [0.717, 1.165) is 29.1 Å². The molecule has 0 aliphatic heterocycles. The average molecular weight is 300 g/mol. The minimum Gasteiger partial charge on any atom is -0.441 e. The van der Waals surface area contributed by atoms with Crippen LogP contribution >= 0.6 is 11.8 Å². The molecule has 0 aliphatic carbocycles. The summed E-state index contributed by atoms with van der Waals surface area (Å²) in [6, 6.07) is 7.58. The van der Waals surface area contributed by atoms with E-state index < -0.39 is 0 Å². The van der Waals surface area contributed by atoms with Gasteiger partial charge in [0, 0.05) is 5.56 Å². The van der Waals surface area contributed by atoms with Crippen LogP contribution in [0.1, 0.15) is 18.4 Å². The first kappa shape index (κ1) is 15.1. The molecule has 1 aromatic heterocycles. The highest BCUT2D eigenvalue weighted by atomic mass is 32.2. The second-order valence-electron chi connectivity index (χ2n) is 4.28. The number of aromatic nitrogens is 1. The normalized spacial score (nSPS) is 11.2. The lowest BCUT2D eigenvalue weighted by Gasteiger charge is -2.01. The van der Waals surface area contributed by atoms with E-state index in [9.17, 15) is 0 Å². The van der Waals surface area contributed by atoms with Crippen molar-refractivity contribution in [2.24, 2.45) is 4.99 Å². The number of benzene rings is 1. The van der Waals surface area contributed by atoms with Crippen LogP contribution < -0.4 is 5.32 Å². The Morgan fingerprint density at radius 3 is 2.95 bits per heavy atom. The molecule has 2 rings (SSSR count). The van der Waals surface area contributed by atoms with Gasteiger partial charge in [-0.1, -0.05) is 24.8 Å². The molecule has 1 N–H and O–H groups in total. The molecule has 0 saturated carbocycles. The summed E-state index contributed by atoms with van der Waals surface area (Å²) >= 11 is 1.38. The highest BCUT2D eigenvalue weighted by molar-refractivity contribution is 8.13. The van der Waals surface area contributed by atoms with E-state index in [2.05, 4.69) is 15.3 Å². The quantitative estimate of drug-likeness (QED) is 0.405. The third kappa shape index (κ3) is 3.64. The van der Waals surface area contributed by atoms with Crippen LogP contribution in [0.15, 0.2) is 33.7 Å². The van der Waals surface area contributed by atoms with Gasteiger partial charge in [0.25, 0.3) is 0 Å². The first-order valence-corrected chi connectivity index (χ1v) is 7.75. The van der Waals surface area contributed by atoms with Crippen LogP contribution in [0.25, 0.3) is 11.5 Å². The molecule has 108 valence electrons. The van der Waals surface area contributed by atoms with Crippen molar-refractivity contribution in [1.82, 2.24) is 10.3 Å². The number of nitrogens with zero attached hydrogens (tertiary/aromatic N) is 3. The van der Waals surface area contributed by atoms with E-state index in [1.54, 1.807) is 0 Å². The van der Waals surface area contributed by atoms with Crippen molar-refractivity contribution in [1.29, 1.82) is 5.26 Å². The zero-order valence-corrected chi connectivity index (χ0v) is 13.0. The summed E-state index contributed by atoms with van der Waals surface area (Å²) in [6.45, 7) is 3.97. The van der Waals surface area contributed by atoms with Crippen LogP contribution in [0.2, 0.25) is 0 Å². The van der Waals surface area contributed by atoms with Gasteiger partial charge in [0.2, 0.25) is 5.89 Å². The summed E-state index contributed by atoms with van der Waals surface area (Å²) in [5.41, 5.74) is 2.58. The van der Waals surface area contributed by atoms with Crippen LogP contribution in [0.4, 0.5) is 5.69 Å². The molecular weight excluding hydrogens is 284 g/mol. The molecule has 0 aliphatic rings. The minimum atomic E-state index is 0.549. The number of aliphatic imine (C=N–C) groups is 1.